The van der Waals surface area contributed by atoms with E-state index < -0.39 is 5.60 Å². The maximum absolute atomic E-state index is 12.4. The van der Waals surface area contributed by atoms with E-state index in [1.807, 2.05) is 6.92 Å². The Labute approximate surface area is 203 Å². The second-order valence-electron chi connectivity index (χ2n) is 11.8. The molecule has 4 fully saturated rings. The first-order valence-corrected chi connectivity index (χ1v) is 13.1. The Balaban J connectivity index is 1.62. The first kappa shape index (κ1) is 25.5. The van der Waals surface area contributed by atoms with Crippen molar-refractivity contribution in [1.29, 1.82) is 0 Å². The van der Waals surface area contributed by atoms with E-state index in [4.69, 9.17) is 14.2 Å². The molecule has 7 heteroatoms. The molecule has 192 valence electrons. The molecule has 1 N–H and O–H groups in total. The highest BCUT2D eigenvalue weighted by Crippen LogP contribution is 2.69. The third-order valence-corrected chi connectivity index (χ3v) is 10.4. The summed E-state index contributed by atoms with van der Waals surface area (Å²) < 4.78 is 16.9. The van der Waals surface area contributed by atoms with Gasteiger partial charge in [0.25, 0.3) is 0 Å². The average molecular weight is 479 g/mol. The molecule has 0 aromatic rings. The summed E-state index contributed by atoms with van der Waals surface area (Å²) in [7, 11) is 0. The molecule has 4 aliphatic carbocycles. The molecule has 34 heavy (non-hydrogen) atoms. The third-order valence-electron chi connectivity index (χ3n) is 10.4. The normalized spacial score (nSPS) is 44.1. The van der Waals surface area contributed by atoms with Crippen molar-refractivity contribution in [3.8, 4) is 0 Å². The van der Waals surface area contributed by atoms with Gasteiger partial charge in [-0.15, -0.1) is 0 Å². The highest BCUT2D eigenvalue weighted by molar-refractivity contribution is 5.66. The lowest BCUT2D eigenvalue weighted by molar-refractivity contribution is -0.230. The highest BCUT2D eigenvalue weighted by atomic mass is 16.5. The van der Waals surface area contributed by atoms with Gasteiger partial charge in [0.15, 0.2) is 0 Å². The van der Waals surface area contributed by atoms with Crippen molar-refractivity contribution in [2.75, 3.05) is 6.61 Å². The number of aliphatic hydroxyl groups is 1. The fourth-order valence-electron chi connectivity index (χ4n) is 8.98. The predicted octanol–water partition coefficient (Wildman–Crippen LogP) is 4.19. The van der Waals surface area contributed by atoms with Gasteiger partial charge in [-0.05, 0) is 82.5 Å². The Morgan fingerprint density at radius 2 is 1.65 bits per heavy atom. The van der Waals surface area contributed by atoms with Gasteiger partial charge in [0.1, 0.15) is 12.2 Å². The van der Waals surface area contributed by atoms with Crippen LogP contribution in [0.25, 0.3) is 0 Å². The van der Waals surface area contributed by atoms with Gasteiger partial charge in [0, 0.05) is 37.5 Å². The Morgan fingerprint density at radius 3 is 2.29 bits per heavy atom. The molecule has 0 saturated heterocycles. The Hall–Kier alpha value is -1.63. The van der Waals surface area contributed by atoms with E-state index in [2.05, 4.69) is 6.92 Å². The lowest BCUT2D eigenvalue weighted by Gasteiger charge is -2.64. The number of rotatable bonds is 5. The standard InChI is InChI=1S/C27H42O7/c1-16(33-18(3)29)22-10-13-27(31)24-7-6-20-14-21(34-19(4)30)8-12-26(20,15-32-17(2)28)23(24)9-11-25(22,27)5/h16,20-24,31H,6-15H2,1-5H3/t16?,20-,21-,22+,23-,24+,25+,26+,27-/m0/s1. The van der Waals surface area contributed by atoms with Crippen LogP contribution in [0.1, 0.15) is 92.4 Å². The van der Waals surface area contributed by atoms with Crippen molar-refractivity contribution >= 4 is 17.9 Å². The molecule has 0 amide bonds. The Kier molecular flexibility index (Phi) is 6.82. The molecule has 4 aliphatic rings. The third kappa shape index (κ3) is 4.06. The van der Waals surface area contributed by atoms with Gasteiger partial charge in [-0.25, -0.2) is 0 Å². The van der Waals surface area contributed by atoms with Crippen molar-refractivity contribution < 1.29 is 33.7 Å². The van der Waals surface area contributed by atoms with E-state index in [0.717, 1.165) is 51.4 Å². The summed E-state index contributed by atoms with van der Waals surface area (Å²) in [5.41, 5.74) is -1.33. The van der Waals surface area contributed by atoms with Crippen molar-refractivity contribution in [3.63, 3.8) is 0 Å². The summed E-state index contributed by atoms with van der Waals surface area (Å²) in [6, 6.07) is 0. The summed E-state index contributed by atoms with van der Waals surface area (Å²) in [4.78, 5) is 35.1. The van der Waals surface area contributed by atoms with Crippen LogP contribution in [0.4, 0.5) is 0 Å². The number of hydrogen-bond donors (Lipinski definition) is 1. The molecule has 0 aromatic carbocycles. The zero-order chi connectivity index (χ0) is 24.9. The van der Waals surface area contributed by atoms with Crippen LogP contribution in [0.5, 0.6) is 0 Å². The molecule has 9 atom stereocenters. The monoisotopic (exact) mass is 478 g/mol. The SMILES string of the molecule is CC(=O)OC[C@]12CC[C@H](OC(C)=O)C[C@@H]1CC[C@@H]1[C@@H]2CC[C@]2(C)[C@@H](C(C)OC(C)=O)CC[C@]12O. The molecule has 0 aromatic heterocycles. The van der Waals surface area contributed by atoms with Crippen LogP contribution >= 0.6 is 0 Å². The zero-order valence-electron chi connectivity index (χ0n) is 21.4. The lowest BCUT2D eigenvalue weighted by atomic mass is 9.43. The molecule has 0 radical (unpaired) electrons. The number of fused-ring (bicyclic) bond motifs is 5. The van der Waals surface area contributed by atoms with Crippen molar-refractivity contribution in [3.05, 3.63) is 0 Å². The zero-order valence-corrected chi connectivity index (χ0v) is 21.4. The fourth-order valence-corrected chi connectivity index (χ4v) is 8.98. The number of ether oxygens (including phenoxy) is 3. The van der Waals surface area contributed by atoms with Gasteiger partial charge in [-0.1, -0.05) is 6.92 Å². The van der Waals surface area contributed by atoms with E-state index in [-0.39, 0.29) is 58.7 Å². The molecule has 0 aliphatic heterocycles. The smallest absolute Gasteiger partial charge is 0.302 e. The van der Waals surface area contributed by atoms with E-state index in [1.165, 1.54) is 20.8 Å². The topological polar surface area (TPSA) is 99.1 Å². The summed E-state index contributed by atoms with van der Waals surface area (Å²) in [6.07, 6.45) is 7.34. The Bertz CT molecular complexity index is 826. The molecule has 4 saturated carbocycles. The number of esters is 3. The van der Waals surface area contributed by atoms with E-state index >= 15 is 0 Å². The first-order chi connectivity index (χ1) is 15.9. The molecule has 4 rings (SSSR count). The summed E-state index contributed by atoms with van der Waals surface area (Å²) in [5, 5.41) is 12.4. The predicted molar refractivity (Wildman–Crippen MR) is 124 cm³/mol. The second-order valence-corrected chi connectivity index (χ2v) is 11.8. The van der Waals surface area contributed by atoms with Crippen LogP contribution in [-0.4, -0.2) is 47.4 Å². The molecule has 7 nitrogen and oxygen atoms in total. The van der Waals surface area contributed by atoms with Crippen LogP contribution in [0.2, 0.25) is 0 Å². The van der Waals surface area contributed by atoms with E-state index in [1.54, 1.807) is 0 Å². The maximum Gasteiger partial charge on any atom is 0.302 e. The molecule has 0 heterocycles. The first-order valence-electron chi connectivity index (χ1n) is 13.1. The minimum absolute atomic E-state index is 0.0816. The Morgan fingerprint density at radius 1 is 0.912 bits per heavy atom. The maximum atomic E-state index is 12.4. The minimum atomic E-state index is -0.823. The van der Waals surface area contributed by atoms with Gasteiger partial charge in [0.2, 0.25) is 0 Å². The van der Waals surface area contributed by atoms with Crippen LogP contribution in [0.3, 0.4) is 0 Å². The summed E-state index contributed by atoms with van der Waals surface area (Å²) in [6.45, 7) is 8.90. The minimum Gasteiger partial charge on any atom is -0.465 e. The summed E-state index contributed by atoms with van der Waals surface area (Å²) in [5.74, 6) is 0.0226. The van der Waals surface area contributed by atoms with Crippen molar-refractivity contribution in [2.45, 2.75) is 110 Å². The fraction of sp³-hybridized carbons (Fsp3) is 0.889. The number of hydrogen-bond acceptors (Lipinski definition) is 7. The molecular formula is C27H42O7. The average Bonchev–Trinajstić information content (AvgIpc) is 3.02. The van der Waals surface area contributed by atoms with Crippen LogP contribution in [0.15, 0.2) is 0 Å². The molecule has 0 spiro atoms. The lowest BCUT2D eigenvalue weighted by Crippen LogP contribution is -2.64. The van der Waals surface area contributed by atoms with Gasteiger partial charge >= 0.3 is 17.9 Å². The number of carbonyl (C=O) groups is 3. The van der Waals surface area contributed by atoms with Crippen LogP contribution in [-0.2, 0) is 28.6 Å². The number of carbonyl (C=O) groups excluding carboxylic acids is 3. The van der Waals surface area contributed by atoms with Gasteiger partial charge in [-0.3, -0.25) is 14.4 Å². The second kappa shape index (κ2) is 9.11. The molecular weight excluding hydrogens is 436 g/mol. The molecule has 1 unspecified atom stereocenters. The molecule has 0 bridgehead atoms. The van der Waals surface area contributed by atoms with Crippen molar-refractivity contribution in [2.24, 2.45) is 34.5 Å². The van der Waals surface area contributed by atoms with Crippen LogP contribution in [0, 0.1) is 34.5 Å². The summed E-state index contributed by atoms with van der Waals surface area (Å²) >= 11 is 0. The van der Waals surface area contributed by atoms with E-state index in [0.29, 0.717) is 18.9 Å². The van der Waals surface area contributed by atoms with E-state index in [9.17, 15) is 19.5 Å². The van der Waals surface area contributed by atoms with Gasteiger partial charge in [0.05, 0.1) is 12.2 Å². The van der Waals surface area contributed by atoms with Gasteiger partial charge in [-0.2, -0.15) is 0 Å². The highest BCUT2D eigenvalue weighted by Gasteiger charge is 2.69. The largest absolute Gasteiger partial charge is 0.465 e. The van der Waals surface area contributed by atoms with Crippen molar-refractivity contribution in [1.82, 2.24) is 0 Å². The quantitative estimate of drug-likeness (QED) is 0.467. The van der Waals surface area contributed by atoms with Crippen LogP contribution < -0.4 is 0 Å². The van der Waals surface area contributed by atoms with Gasteiger partial charge < -0.3 is 19.3 Å².